The smallest absolute Gasteiger partial charge is 0.00105 e. The summed E-state index contributed by atoms with van der Waals surface area (Å²) in [6.07, 6.45) is 8.66. The van der Waals surface area contributed by atoms with E-state index in [1.165, 1.54) is 51.6 Å². The van der Waals surface area contributed by atoms with Gasteiger partial charge in [-0.05, 0) is 70.0 Å². The molecule has 0 unspecified atom stereocenters. The van der Waals surface area contributed by atoms with Crippen LogP contribution in [0.5, 0.6) is 0 Å². The van der Waals surface area contributed by atoms with Gasteiger partial charge in [0, 0.05) is 6.54 Å². The summed E-state index contributed by atoms with van der Waals surface area (Å²) in [5, 5.41) is 6.83. The lowest BCUT2D eigenvalue weighted by molar-refractivity contribution is 0.401. The van der Waals surface area contributed by atoms with Crippen molar-refractivity contribution in [3.8, 4) is 0 Å². The molecule has 2 aliphatic rings. The summed E-state index contributed by atoms with van der Waals surface area (Å²) in [4.78, 5) is 0. The van der Waals surface area contributed by atoms with Crippen molar-refractivity contribution in [2.75, 3.05) is 26.7 Å². The molecule has 2 nitrogen and oxygen atoms in total. The van der Waals surface area contributed by atoms with Gasteiger partial charge in [-0.15, -0.1) is 0 Å². The van der Waals surface area contributed by atoms with E-state index < -0.39 is 0 Å². The van der Waals surface area contributed by atoms with Crippen LogP contribution in [-0.2, 0) is 0 Å². The molecule has 2 rings (SSSR count). The van der Waals surface area contributed by atoms with Crippen molar-refractivity contribution in [1.29, 1.82) is 0 Å². The van der Waals surface area contributed by atoms with E-state index in [4.69, 9.17) is 0 Å². The molecule has 14 heavy (non-hydrogen) atoms. The SMILES string of the molecule is CNCCCCNCC1(C2CC2)CC1. The van der Waals surface area contributed by atoms with Gasteiger partial charge in [0.2, 0.25) is 0 Å². The van der Waals surface area contributed by atoms with Gasteiger partial charge in [-0.3, -0.25) is 0 Å². The normalized spacial score (nSPS) is 23.8. The predicted octanol–water partition coefficient (Wildman–Crippen LogP) is 1.77. The van der Waals surface area contributed by atoms with Gasteiger partial charge in [-0.1, -0.05) is 0 Å². The Morgan fingerprint density at radius 1 is 1.14 bits per heavy atom. The Labute approximate surface area is 87.8 Å². The lowest BCUT2D eigenvalue weighted by Crippen LogP contribution is -2.26. The molecule has 0 radical (unpaired) electrons. The van der Waals surface area contributed by atoms with Crippen molar-refractivity contribution >= 4 is 0 Å². The first kappa shape index (κ1) is 10.4. The molecule has 0 aromatic carbocycles. The molecular weight excluding hydrogens is 172 g/mol. The number of rotatable bonds is 8. The largest absolute Gasteiger partial charge is 0.320 e. The van der Waals surface area contributed by atoms with Crippen LogP contribution in [0.25, 0.3) is 0 Å². The lowest BCUT2D eigenvalue weighted by Gasteiger charge is -2.14. The fraction of sp³-hybridized carbons (Fsp3) is 1.00. The minimum atomic E-state index is 0.781. The highest BCUT2D eigenvalue weighted by Crippen LogP contribution is 2.60. The summed E-state index contributed by atoms with van der Waals surface area (Å²) >= 11 is 0. The molecule has 82 valence electrons. The van der Waals surface area contributed by atoms with Crippen molar-refractivity contribution in [2.45, 2.75) is 38.5 Å². The quantitative estimate of drug-likeness (QED) is 0.578. The Balaban J connectivity index is 1.47. The second-order valence-electron chi connectivity index (χ2n) is 5.12. The van der Waals surface area contributed by atoms with Gasteiger partial charge < -0.3 is 10.6 Å². The third-order valence-corrected chi connectivity index (χ3v) is 3.84. The molecule has 0 atom stereocenters. The molecule has 2 saturated carbocycles. The zero-order chi connectivity index (χ0) is 9.86. The predicted molar refractivity (Wildman–Crippen MR) is 60.4 cm³/mol. The third kappa shape index (κ3) is 2.71. The molecule has 2 N–H and O–H groups in total. The van der Waals surface area contributed by atoms with E-state index >= 15 is 0 Å². The van der Waals surface area contributed by atoms with Crippen LogP contribution in [0.2, 0.25) is 0 Å². The number of unbranched alkanes of at least 4 members (excludes halogenated alkanes) is 1. The van der Waals surface area contributed by atoms with Crippen LogP contribution in [0.3, 0.4) is 0 Å². The summed E-state index contributed by atoms with van der Waals surface area (Å²) < 4.78 is 0. The second-order valence-corrected chi connectivity index (χ2v) is 5.12. The van der Waals surface area contributed by atoms with Crippen LogP contribution < -0.4 is 10.6 Å². The maximum absolute atomic E-state index is 3.64. The van der Waals surface area contributed by atoms with E-state index in [0.717, 1.165) is 17.9 Å². The Morgan fingerprint density at radius 3 is 2.43 bits per heavy atom. The summed E-state index contributed by atoms with van der Waals surface area (Å²) in [5.74, 6) is 1.10. The highest BCUT2D eigenvalue weighted by molar-refractivity contribution is 5.04. The van der Waals surface area contributed by atoms with E-state index in [1.54, 1.807) is 0 Å². The van der Waals surface area contributed by atoms with Crippen molar-refractivity contribution in [2.24, 2.45) is 11.3 Å². The van der Waals surface area contributed by atoms with Crippen LogP contribution in [0.4, 0.5) is 0 Å². The zero-order valence-electron chi connectivity index (χ0n) is 9.44. The molecule has 0 amide bonds. The maximum atomic E-state index is 3.64. The van der Waals surface area contributed by atoms with Gasteiger partial charge in [-0.2, -0.15) is 0 Å². The van der Waals surface area contributed by atoms with Gasteiger partial charge in [0.25, 0.3) is 0 Å². The summed E-state index contributed by atoms with van der Waals surface area (Å²) in [5.41, 5.74) is 0.781. The van der Waals surface area contributed by atoms with Gasteiger partial charge >= 0.3 is 0 Å². The average Bonchev–Trinajstić information content (AvgIpc) is 3.03. The molecule has 0 bridgehead atoms. The number of hydrogen-bond donors (Lipinski definition) is 2. The molecule has 0 saturated heterocycles. The molecule has 0 heterocycles. The fourth-order valence-corrected chi connectivity index (χ4v) is 2.47. The molecule has 0 aromatic rings. The standard InChI is InChI=1S/C12H24N2/c1-13-8-2-3-9-14-10-12(6-7-12)11-4-5-11/h11,13-14H,2-10H2,1H3. The first-order valence-corrected chi connectivity index (χ1v) is 6.23. The van der Waals surface area contributed by atoms with Gasteiger partial charge in [0.15, 0.2) is 0 Å². The third-order valence-electron chi connectivity index (χ3n) is 3.84. The first-order valence-electron chi connectivity index (χ1n) is 6.23. The Kier molecular flexibility index (Phi) is 3.45. The Morgan fingerprint density at radius 2 is 1.86 bits per heavy atom. The fourth-order valence-electron chi connectivity index (χ4n) is 2.47. The monoisotopic (exact) mass is 196 g/mol. The lowest BCUT2D eigenvalue weighted by atomic mass is 10.0. The molecule has 2 heteroatoms. The average molecular weight is 196 g/mol. The van der Waals surface area contributed by atoms with Gasteiger partial charge in [0.05, 0.1) is 0 Å². The second kappa shape index (κ2) is 4.63. The van der Waals surface area contributed by atoms with Crippen molar-refractivity contribution in [3.05, 3.63) is 0 Å². The minimum Gasteiger partial charge on any atom is -0.320 e. The zero-order valence-corrected chi connectivity index (χ0v) is 9.44. The van der Waals surface area contributed by atoms with Crippen LogP contribution in [0, 0.1) is 11.3 Å². The van der Waals surface area contributed by atoms with E-state index in [1.807, 2.05) is 7.05 Å². The highest BCUT2D eigenvalue weighted by Gasteiger charge is 2.52. The highest BCUT2D eigenvalue weighted by atomic mass is 14.9. The van der Waals surface area contributed by atoms with E-state index in [0.29, 0.717) is 0 Å². The number of nitrogens with one attached hydrogen (secondary N) is 2. The van der Waals surface area contributed by atoms with Crippen molar-refractivity contribution in [1.82, 2.24) is 10.6 Å². The van der Waals surface area contributed by atoms with E-state index in [9.17, 15) is 0 Å². The summed E-state index contributed by atoms with van der Waals surface area (Å²) in [7, 11) is 2.03. The van der Waals surface area contributed by atoms with Crippen molar-refractivity contribution < 1.29 is 0 Å². The molecule has 0 aliphatic heterocycles. The van der Waals surface area contributed by atoms with Crippen LogP contribution >= 0.6 is 0 Å². The first-order chi connectivity index (χ1) is 6.87. The topological polar surface area (TPSA) is 24.1 Å². The minimum absolute atomic E-state index is 0.781. The Bertz CT molecular complexity index is 171. The van der Waals surface area contributed by atoms with Crippen LogP contribution in [0.1, 0.15) is 38.5 Å². The van der Waals surface area contributed by atoms with Gasteiger partial charge in [-0.25, -0.2) is 0 Å². The summed E-state index contributed by atoms with van der Waals surface area (Å²) in [6, 6.07) is 0. The molecular formula is C12H24N2. The number of hydrogen-bond acceptors (Lipinski definition) is 2. The Hall–Kier alpha value is -0.0800. The van der Waals surface area contributed by atoms with E-state index in [-0.39, 0.29) is 0 Å². The van der Waals surface area contributed by atoms with Crippen LogP contribution in [0.15, 0.2) is 0 Å². The molecule has 0 aromatic heterocycles. The molecule has 2 aliphatic carbocycles. The molecule has 2 fully saturated rings. The van der Waals surface area contributed by atoms with Crippen molar-refractivity contribution in [3.63, 3.8) is 0 Å². The summed E-state index contributed by atoms with van der Waals surface area (Å²) in [6.45, 7) is 3.68. The van der Waals surface area contributed by atoms with Gasteiger partial charge in [0.1, 0.15) is 0 Å². The maximum Gasteiger partial charge on any atom is 0.00105 e. The van der Waals surface area contributed by atoms with Crippen LogP contribution in [-0.4, -0.2) is 26.7 Å². The molecule has 0 spiro atoms. The van der Waals surface area contributed by atoms with E-state index in [2.05, 4.69) is 10.6 Å².